The molecule has 0 spiro atoms. The van der Waals surface area contributed by atoms with Gasteiger partial charge in [-0.15, -0.1) is 0 Å². The Morgan fingerprint density at radius 2 is 2.05 bits per heavy atom. The summed E-state index contributed by atoms with van der Waals surface area (Å²) in [5.41, 5.74) is 5.44. The van der Waals surface area contributed by atoms with Crippen LogP contribution in [0, 0.1) is 5.92 Å². The highest BCUT2D eigenvalue weighted by molar-refractivity contribution is 7.80. The van der Waals surface area contributed by atoms with Crippen molar-refractivity contribution in [1.29, 1.82) is 0 Å². The van der Waals surface area contributed by atoms with Crippen molar-refractivity contribution in [1.82, 2.24) is 15.5 Å². The Bertz CT molecular complexity index is 431. The van der Waals surface area contributed by atoms with E-state index in [2.05, 4.69) is 23.4 Å². The number of amides is 2. The molecule has 0 aromatic carbocycles. The molecule has 6 nitrogen and oxygen atoms in total. The van der Waals surface area contributed by atoms with Crippen molar-refractivity contribution in [2.45, 2.75) is 45.1 Å². The smallest absolute Gasteiger partial charge is 0.239 e. The monoisotopic (exact) mass is 326 g/mol. The maximum atomic E-state index is 12.0. The van der Waals surface area contributed by atoms with Gasteiger partial charge >= 0.3 is 0 Å². The fraction of sp³-hybridized carbons (Fsp3) is 0.786. The summed E-state index contributed by atoms with van der Waals surface area (Å²) in [5.74, 6) is 0.234. The van der Waals surface area contributed by atoms with E-state index in [0.29, 0.717) is 5.82 Å². The molecule has 2 amide bonds. The second-order valence-corrected chi connectivity index (χ2v) is 6.89. The average Bonchev–Trinajstić information content (AvgIpc) is 2.87. The molecule has 8 heteroatoms. The van der Waals surface area contributed by atoms with Gasteiger partial charge in [-0.2, -0.15) is 0 Å². The molecule has 4 N–H and O–H groups in total. The van der Waals surface area contributed by atoms with Gasteiger partial charge in [-0.05, 0) is 19.3 Å². The summed E-state index contributed by atoms with van der Waals surface area (Å²) in [4.78, 5) is 26.4. The molecule has 0 radical (unpaired) electrons. The molecule has 1 aliphatic heterocycles. The highest BCUT2D eigenvalue weighted by Crippen LogP contribution is 2.20. The van der Waals surface area contributed by atoms with Crippen molar-refractivity contribution in [3.05, 3.63) is 0 Å². The lowest BCUT2D eigenvalue weighted by atomic mass is 9.87. The van der Waals surface area contributed by atoms with E-state index in [1.807, 2.05) is 13.8 Å². The zero-order chi connectivity index (χ0) is 16.9. The molecule has 0 aromatic heterocycles. The van der Waals surface area contributed by atoms with Crippen LogP contribution in [0.3, 0.4) is 0 Å². The summed E-state index contributed by atoms with van der Waals surface area (Å²) in [7, 11) is 2.20. The van der Waals surface area contributed by atoms with Gasteiger partial charge in [-0.25, -0.2) is 0 Å². The van der Waals surface area contributed by atoms with Crippen LogP contribution >= 0.6 is 12.2 Å². The lowest BCUT2D eigenvalue weighted by molar-refractivity contribution is -0.126. The number of carbonyl (C=O) groups excluding carboxylic acids is 2. The van der Waals surface area contributed by atoms with Crippen molar-refractivity contribution in [3.8, 4) is 0 Å². The van der Waals surface area contributed by atoms with Gasteiger partial charge in [0.1, 0.15) is 12.8 Å². The second kappa shape index (κ2) is 8.48. The molecule has 0 bridgehead atoms. The number of hydrogen-bond acceptors (Lipinski definition) is 4. The van der Waals surface area contributed by atoms with Gasteiger partial charge in [0.2, 0.25) is 11.8 Å². The van der Waals surface area contributed by atoms with E-state index in [1.54, 1.807) is 6.92 Å². The largest absolute Gasteiger partial charge is 0.365 e. The topological polar surface area (TPSA) is 87.5 Å². The molecule has 1 saturated heterocycles. The SMILES string of the molecule is B[C@@H]1CCN(C(=S)[C@@H](NC(=O)CNC(=O)[C@@H](C)N)C(C)C)C1. The minimum atomic E-state index is -0.624. The summed E-state index contributed by atoms with van der Waals surface area (Å²) in [6.45, 7) is 7.44. The fourth-order valence-electron chi connectivity index (χ4n) is 2.40. The van der Waals surface area contributed by atoms with Gasteiger partial charge in [-0.1, -0.05) is 31.9 Å². The summed E-state index contributed by atoms with van der Waals surface area (Å²) in [5, 5.41) is 5.43. The first kappa shape index (κ1) is 18.9. The highest BCUT2D eigenvalue weighted by atomic mass is 32.1. The zero-order valence-electron chi connectivity index (χ0n) is 13.9. The van der Waals surface area contributed by atoms with E-state index in [9.17, 15) is 9.59 Å². The van der Waals surface area contributed by atoms with Crippen LogP contribution in [0.15, 0.2) is 0 Å². The van der Waals surface area contributed by atoms with Crippen LogP contribution in [0.2, 0.25) is 5.82 Å². The molecule has 124 valence electrons. The number of hydrogen-bond donors (Lipinski definition) is 3. The van der Waals surface area contributed by atoms with Crippen molar-refractivity contribution in [2.24, 2.45) is 11.7 Å². The van der Waals surface area contributed by atoms with E-state index in [-0.39, 0.29) is 30.3 Å². The Morgan fingerprint density at radius 1 is 1.41 bits per heavy atom. The third-order valence-electron chi connectivity index (χ3n) is 3.82. The third kappa shape index (κ3) is 5.57. The average molecular weight is 326 g/mol. The van der Waals surface area contributed by atoms with Gasteiger partial charge in [0, 0.05) is 13.1 Å². The van der Waals surface area contributed by atoms with Gasteiger partial charge in [0.05, 0.1) is 18.6 Å². The first-order valence-electron chi connectivity index (χ1n) is 7.83. The molecule has 3 atom stereocenters. The number of rotatable bonds is 6. The maximum Gasteiger partial charge on any atom is 0.239 e. The van der Waals surface area contributed by atoms with Crippen molar-refractivity contribution < 1.29 is 9.59 Å². The first-order valence-corrected chi connectivity index (χ1v) is 8.24. The lowest BCUT2D eigenvalue weighted by Crippen LogP contribution is -2.52. The van der Waals surface area contributed by atoms with Crippen LogP contribution in [0.4, 0.5) is 0 Å². The Kier molecular flexibility index (Phi) is 7.28. The molecule has 1 rings (SSSR count). The summed E-state index contributed by atoms with van der Waals surface area (Å²) < 4.78 is 0. The van der Waals surface area contributed by atoms with E-state index in [0.717, 1.165) is 24.5 Å². The Labute approximate surface area is 139 Å². The molecule has 22 heavy (non-hydrogen) atoms. The lowest BCUT2D eigenvalue weighted by Gasteiger charge is -2.30. The summed E-state index contributed by atoms with van der Waals surface area (Å²) >= 11 is 5.56. The molecule has 0 unspecified atom stereocenters. The number of thiocarbonyl (C=S) groups is 1. The Balaban J connectivity index is 2.55. The molecule has 0 aliphatic carbocycles. The van der Waals surface area contributed by atoms with Crippen LogP contribution in [-0.2, 0) is 9.59 Å². The molecule has 0 aromatic rings. The molecular formula is C14H27BN4O2S. The molecule has 1 aliphatic rings. The van der Waals surface area contributed by atoms with Gasteiger partial charge in [0.15, 0.2) is 0 Å². The normalized spacial score (nSPS) is 20.6. The number of carbonyl (C=O) groups is 2. The second-order valence-electron chi connectivity index (χ2n) is 6.47. The number of nitrogens with two attached hydrogens (primary N) is 1. The van der Waals surface area contributed by atoms with E-state index >= 15 is 0 Å². The molecular weight excluding hydrogens is 299 g/mol. The number of likely N-dealkylation sites (tertiary alicyclic amines) is 1. The third-order valence-corrected chi connectivity index (χ3v) is 4.33. The first-order chi connectivity index (χ1) is 10.2. The van der Waals surface area contributed by atoms with Crippen LogP contribution < -0.4 is 16.4 Å². The van der Waals surface area contributed by atoms with Gasteiger partial charge in [0.25, 0.3) is 0 Å². The van der Waals surface area contributed by atoms with Crippen LogP contribution in [0.5, 0.6) is 0 Å². The standard InChI is InChI=1S/C14H27BN4O2S/c1-8(2)12(14(22)19-5-4-10(15)7-19)18-11(20)6-17-13(21)9(3)16/h8-10,12H,4-7,15-16H2,1-3H3,(H,17,21)(H,18,20)/t9-,10-,12+/m1/s1. The maximum absolute atomic E-state index is 12.0. The molecule has 1 fully saturated rings. The Hall–Kier alpha value is -1.15. The quantitative estimate of drug-likeness (QED) is 0.433. The predicted molar refractivity (Wildman–Crippen MR) is 94.5 cm³/mol. The van der Waals surface area contributed by atoms with Gasteiger partial charge < -0.3 is 21.3 Å². The van der Waals surface area contributed by atoms with Crippen LogP contribution in [0.25, 0.3) is 0 Å². The summed E-state index contributed by atoms with van der Waals surface area (Å²) in [6.07, 6.45) is 1.13. The van der Waals surface area contributed by atoms with Crippen molar-refractivity contribution in [2.75, 3.05) is 19.6 Å². The van der Waals surface area contributed by atoms with Crippen molar-refractivity contribution >= 4 is 36.9 Å². The van der Waals surface area contributed by atoms with Crippen LogP contribution in [0.1, 0.15) is 27.2 Å². The van der Waals surface area contributed by atoms with E-state index < -0.39 is 6.04 Å². The van der Waals surface area contributed by atoms with Gasteiger partial charge in [-0.3, -0.25) is 9.59 Å². The number of nitrogens with one attached hydrogen (secondary N) is 2. The highest BCUT2D eigenvalue weighted by Gasteiger charge is 2.28. The summed E-state index contributed by atoms with van der Waals surface area (Å²) in [6, 6.07) is -0.819. The zero-order valence-corrected chi connectivity index (χ0v) is 14.7. The fourth-order valence-corrected chi connectivity index (χ4v) is 2.90. The van der Waals surface area contributed by atoms with E-state index in [4.69, 9.17) is 18.0 Å². The Morgan fingerprint density at radius 3 is 2.50 bits per heavy atom. The molecule has 0 saturated carbocycles. The minimum absolute atomic E-state index is 0.0807. The number of nitrogens with zero attached hydrogens (tertiary/aromatic N) is 1. The van der Waals surface area contributed by atoms with Crippen LogP contribution in [-0.4, -0.2) is 61.3 Å². The van der Waals surface area contributed by atoms with Crippen molar-refractivity contribution in [3.63, 3.8) is 0 Å². The molecule has 1 heterocycles. The minimum Gasteiger partial charge on any atom is -0.365 e. The predicted octanol–water partition coefficient (Wildman–Crippen LogP) is -0.955. The van der Waals surface area contributed by atoms with E-state index in [1.165, 1.54) is 0 Å².